The van der Waals surface area contributed by atoms with E-state index in [0.717, 1.165) is 24.3 Å². The predicted octanol–water partition coefficient (Wildman–Crippen LogP) is 3.46. The van der Waals surface area contributed by atoms with Crippen LogP contribution in [0.15, 0.2) is 30.5 Å². The molecule has 0 bridgehead atoms. The molecule has 0 aliphatic heterocycles. The Morgan fingerprint density at radius 3 is 2.76 bits per heavy atom. The smallest absolute Gasteiger partial charge is 0.223 e. The van der Waals surface area contributed by atoms with Crippen LogP contribution < -0.4 is 5.32 Å². The Labute approximate surface area is 129 Å². The average Bonchev–Trinajstić information content (AvgIpc) is 2.85. The predicted molar refractivity (Wildman–Crippen MR) is 85.3 cm³/mol. The van der Waals surface area contributed by atoms with E-state index in [1.54, 1.807) is 11.3 Å². The summed E-state index contributed by atoms with van der Waals surface area (Å²) in [7, 11) is 0. The molecule has 0 radical (unpaired) electrons. The highest BCUT2D eigenvalue weighted by atomic mass is 32.1. The zero-order chi connectivity index (χ0) is 14.7. The Hall–Kier alpha value is -1.68. The third-order valence-corrected chi connectivity index (χ3v) is 4.99. The Bertz CT molecular complexity index is 614. The maximum absolute atomic E-state index is 11.8. The molecule has 1 aromatic carbocycles. The molecule has 3 nitrogen and oxygen atoms in total. The monoisotopic (exact) mass is 300 g/mol. The van der Waals surface area contributed by atoms with Crippen LogP contribution in [0.1, 0.15) is 40.3 Å². The molecular formula is C17H20N2OS. The van der Waals surface area contributed by atoms with Crippen molar-refractivity contribution in [2.45, 2.75) is 39.2 Å². The number of thiazole rings is 1. The second-order valence-electron chi connectivity index (χ2n) is 5.73. The highest BCUT2D eigenvalue weighted by Crippen LogP contribution is 2.26. The minimum atomic E-state index is 0.191. The highest BCUT2D eigenvalue weighted by Gasteiger charge is 2.24. The number of aromatic nitrogens is 1. The van der Waals surface area contributed by atoms with E-state index < -0.39 is 0 Å². The fourth-order valence-corrected chi connectivity index (χ4v) is 3.29. The molecule has 2 aromatic rings. The van der Waals surface area contributed by atoms with E-state index >= 15 is 0 Å². The van der Waals surface area contributed by atoms with Crippen molar-refractivity contribution in [3.8, 4) is 0 Å². The number of hydrogen-bond acceptors (Lipinski definition) is 3. The summed E-state index contributed by atoms with van der Waals surface area (Å²) < 4.78 is 0. The van der Waals surface area contributed by atoms with Gasteiger partial charge in [0.1, 0.15) is 5.01 Å². The Morgan fingerprint density at radius 2 is 2.10 bits per heavy atom. The minimum Gasteiger partial charge on any atom is -0.349 e. The lowest BCUT2D eigenvalue weighted by atomic mass is 9.85. The van der Waals surface area contributed by atoms with Crippen LogP contribution in [-0.2, 0) is 17.8 Å². The van der Waals surface area contributed by atoms with Crippen molar-refractivity contribution in [2.24, 2.45) is 5.92 Å². The van der Waals surface area contributed by atoms with E-state index in [2.05, 4.69) is 41.5 Å². The summed E-state index contributed by atoms with van der Waals surface area (Å²) >= 11 is 1.69. The Kier molecular flexibility index (Phi) is 4.34. The summed E-state index contributed by atoms with van der Waals surface area (Å²) in [5.41, 5.74) is 2.58. The van der Waals surface area contributed by atoms with Gasteiger partial charge in [0, 0.05) is 23.4 Å². The van der Waals surface area contributed by atoms with Crippen molar-refractivity contribution in [1.82, 2.24) is 10.3 Å². The molecule has 0 atom stereocenters. The number of carbonyl (C=O) groups excluding carboxylic acids is 1. The first-order valence-electron chi connectivity index (χ1n) is 7.47. The lowest BCUT2D eigenvalue weighted by molar-refractivity contribution is -0.127. The maximum Gasteiger partial charge on any atom is 0.223 e. The van der Waals surface area contributed by atoms with Gasteiger partial charge in [-0.25, -0.2) is 4.98 Å². The summed E-state index contributed by atoms with van der Waals surface area (Å²) in [4.78, 5) is 17.4. The van der Waals surface area contributed by atoms with Crippen LogP contribution in [0.3, 0.4) is 0 Å². The Balaban J connectivity index is 1.53. The Morgan fingerprint density at radius 1 is 1.33 bits per heavy atom. The van der Waals surface area contributed by atoms with Gasteiger partial charge in [-0.1, -0.05) is 36.2 Å². The van der Waals surface area contributed by atoms with Crippen LogP contribution in [-0.4, -0.2) is 10.9 Å². The van der Waals surface area contributed by atoms with Crippen molar-refractivity contribution in [2.75, 3.05) is 0 Å². The van der Waals surface area contributed by atoms with Crippen LogP contribution in [0.25, 0.3) is 0 Å². The van der Waals surface area contributed by atoms with Gasteiger partial charge in [0.2, 0.25) is 5.91 Å². The number of hydrogen-bond donors (Lipinski definition) is 1. The number of rotatable bonds is 5. The fraction of sp³-hybridized carbons (Fsp3) is 0.412. The van der Waals surface area contributed by atoms with E-state index in [-0.39, 0.29) is 11.8 Å². The first-order valence-corrected chi connectivity index (χ1v) is 8.29. The fourth-order valence-electron chi connectivity index (χ4n) is 2.40. The summed E-state index contributed by atoms with van der Waals surface area (Å²) in [5, 5.41) is 3.99. The maximum atomic E-state index is 11.8. The summed E-state index contributed by atoms with van der Waals surface area (Å²) in [5.74, 6) is 0.438. The molecule has 0 saturated heterocycles. The largest absolute Gasteiger partial charge is 0.349 e. The van der Waals surface area contributed by atoms with Gasteiger partial charge in [-0.05, 0) is 25.3 Å². The average molecular weight is 300 g/mol. The molecule has 0 spiro atoms. The molecule has 21 heavy (non-hydrogen) atoms. The van der Waals surface area contributed by atoms with Gasteiger partial charge in [-0.2, -0.15) is 0 Å². The van der Waals surface area contributed by atoms with E-state index in [1.165, 1.54) is 22.4 Å². The lowest BCUT2D eigenvalue weighted by Crippen LogP contribution is -2.33. The van der Waals surface area contributed by atoms with Crippen molar-refractivity contribution in [1.29, 1.82) is 0 Å². The number of amides is 1. The lowest BCUT2D eigenvalue weighted by Gasteiger charge is -2.23. The topological polar surface area (TPSA) is 42.0 Å². The third-order valence-electron chi connectivity index (χ3n) is 3.99. The van der Waals surface area contributed by atoms with Crippen LogP contribution in [0.2, 0.25) is 0 Å². The van der Waals surface area contributed by atoms with Gasteiger partial charge < -0.3 is 5.32 Å². The summed E-state index contributed by atoms with van der Waals surface area (Å²) in [6.07, 6.45) is 6.12. The standard InChI is InChI=1S/C17H20N2OS/c1-12-5-7-13(8-6-12)9-15-10-18-16(21-15)11-19-17(20)14-3-2-4-14/h5-8,10,14H,2-4,9,11H2,1H3,(H,19,20). The molecular weight excluding hydrogens is 280 g/mol. The normalized spacial score (nSPS) is 14.7. The molecule has 1 aliphatic rings. The van der Waals surface area contributed by atoms with Gasteiger partial charge in [0.05, 0.1) is 6.54 Å². The minimum absolute atomic E-state index is 0.191. The quantitative estimate of drug-likeness (QED) is 0.919. The molecule has 1 aliphatic carbocycles. The molecule has 1 amide bonds. The van der Waals surface area contributed by atoms with Crippen molar-refractivity contribution in [3.63, 3.8) is 0 Å². The summed E-state index contributed by atoms with van der Waals surface area (Å²) in [6.45, 7) is 2.66. The van der Waals surface area contributed by atoms with Crippen LogP contribution >= 0.6 is 11.3 Å². The van der Waals surface area contributed by atoms with E-state index in [9.17, 15) is 4.79 Å². The SMILES string of the molecule is Cc1ccc(Cc2cnc(CNC(=O)C3CCC3)s2)cc1. The van der Waals surface area contributed by atoms with Gasteiger partial charge in [-0.3, -0.25) is 4.79 Å². The molecule has 0 unspecified atom stereocenters. The highest BCUT2D eigenvalue weighted by molar-refractivity contribution is 7.11. The van der Waals surface area contributed by atoms with E-state index in [4.69, 9.17) is 0 Å². The van der Waals surface area contributed by atoms with Crippen LogP contribution in [0.4, 0.5) is 0 Å². The first kappa shape index (κ1) is 14.3. The molecule has 1 saturated carbocycles. The van der Waals surface area contributed by atoms with Gasteiger partial charge in [0.15, 0.2) is 0 Å². The molecule has 1 heterocycles. The third kappa shape index (κ3) is 3.70. The molecule has 110 valence electrons. The van der Waals surface area contributed by atoms with Crippen molar-refractivity contribution < 1.29 is 4.79 Å². The second-order valence-corrected chi connectivity index (χ2v) is 6.93. The number of nitrogens with one attached hydrogen (secondary N) is 1. The van der Waals surface area contributed by atoms with Gasteiger partial charge in [0.25, 0.3) is 0 Å². The zero-order valence-corrected chi connectivity index (χ0v) is 13.1. The number of aryl methyl sites for hydroxylation is 1. The first-order chi connectivity index (χ1) is 10.2. The zero-order valence-electron chi connectivity index (χ0n) is 12.3. The molecule has 1 fully saturated rings. The van der Waals surface area contributed by atoms with Crippen molar-refractivity contribution in [3.05, 3.63) is 51.5 Å². The van der Waals surface area contributed by atoms with Gasteiger partial charge in [-0.15, -0.1) is 11.3 Å². The summed E-state index contributed by atoms with van der Waals surface area (Å²) in [6, 6.07) is 8.59. The second kappa shape index (κ2) is 6.39. The van der Waals surface area contributed by atoms with E-state index in [0.29, 0.717) is 6.54 Å². The number of carbonyl (C=O) groups is 1. The van der Waals surface area contributed by atoms with Crippen LogP contribution in [0.5, 0.6) is 0 Å². The molecule has 3 rings (SSSR count). The molecule has 1 aromatic heterocycles. The van der Waals surface area contributed by atoms with Gasteiger partial charge >= 0.3 is 0 Å². The number of benzene rings is 1. The van der Waals surface area contributed by atoms with Crippen LogP contribution in [0, 0.1) is 12.8 Å². The molecule has 1 N–H and O–H groups in total. The van der Waals surface area contributed by atoms with Crippen molar-refractivity contribution >= 4 is 17.2 Å². The number of nitrogens with zero attached hydrogens (tertiary/aromatic N) is 1. The molecule has 4 heteroatoms. The van der Waals surface area contributed by atoms with E-state index in [1.807, 2.05) is 6.20 Å².